The third kappa shape index (κ3) is 4.49. The lowest BCUT2D eigenvalue weighted by molar-refractivity contribution is 0.592. The van der Waals surface area contributed by atoms with Gasteiger partial charge in [-0.25, -0.2) is 4.98 Å². The van der Waals surface area contributed by atoms with Crippen molar-refractivity contribution < 1.29 is 4.57 Å². The van der Waals surface area contributed by atoms with Crippen LogP contribution in [0.1, 0.15) is 0 Å². The van der Waals surface area contributed by atoms with Gasteiger partial charge in [-0.1, -0.05) is 170 Å². The van der Waals surface area contributed by atoms with E-state index in [1.54, 1.807) is 0 Å². The van der Waals surface area contributed by atoms with Gasteiger partial charge in [0.1, 0.15) is 0 Å². The number of fused-ring (bicyclic) bond motifs is 8. The summed E-state index contributed by atoms with van der Waals surface area (Å²) in [5, 5.41) is 10.7. The second kappa shape index (κ2) is 11.5. The Balaban J connectivity index is 1.32. The van der Waals surface area contributed by atoms with E-state index in [1.165, 1.54) is 21.5 Å². The van der Waals surface area contributed by atoms with Crippen molar-refractivity contribution in [1.29, 1.82) is 0 Å². The third-order valence-corrected chi connectivity index (χ3v) is 12.6. The van der Waals surface area contributed by atoms with E-state index >= 15 is 4.57 Å². The summed E-state index contributed by atoms with van der Waals surface area (Å²) >= 11 is 0. The fourth-order valence-electron chi connectivity index (χ4n) is 7.24. The van der Waals surface area contributed by atoms with Crippen LogP contribution in [0.5, 0.6) is 0 Å². The molecule has 0 fully saturated rings. The first kappa shape index (κ1) is 28.4. The summed E-state index contributed by atoms with van der Waals surface area (Å²) in [6.45, 7) is 0. The van der Waals surface area contributed by atoms with Crippen molar-refractivity contribution in [2.75, 3.05) is 0 Å². The number of rotatable bonds is 5. The van der Waals surface area contributed by atoms with Crippen LogP contribution in [-0.4, -0.2) is 4.98 Å². The SMILES string of the molecule is O=P(c1ccccc1)(c1ccccc1)c1cccc(-c2ccc3c(c2)c(-c2ccccc2)nc2c4ccccc4c4ccccc4c32)c1. The molecule has 9 rings (SSSR count). The summed E-state index contributed by atoms with van der Waals surface area (Å²) in [6, 6.07) is 62.4. The molecule has 3 heteroatoms. The maximum absolute atomic E-state index is 15.2. The van der Waals surface area contributed by atoms with Crippen molar-refractivity contribution in [2.24, 2.45) is 0 Å². The zero-order valence-electron chi connectivity index (χ0n) is 26.1. The monoisotopic (exact) mass is 631 g/mol. The Kier molecular flexibility index (Phi) is 6.78. The Labute approximate surface area is 279 Å². The zero-order valence-corrected chi connectivity index (χ0v) is 27.0. The van der Waals surface area contributed by atoms with Gasteiger partial charge in [-0.05, 0) is 44.8 Å². The van der Waals surface area contributed by atoms with E-state index in [1.807, 2.05) is 78.9 Å². The number of hydrogen-bond donors (Lipinski definition) is 0. The number of hydrogen-bond acceptors (Lipinski definition) is 2. The summed E-state index contributed by atoms with van der Waals surface area (Å²) in [5.74, 6) is 0. The molecule has 0 bridgehead atoms. The van der Waals surface area contributed by atoms with Crippen molar-refractivity contribution in [2.45, 2.75) is 0 Å². The fraction of sp³-hybridized carbons (Fsp3) is 0. The molecule has 0 radical (unpaired) electrons. The molecule has 2 nitrogen and oxygen atoms in total. The van der Waals surface area contributed by atoms with Crippen molar-refractivity contribution in [3.8, 4) is 22.4 Å². The van der Waals surface area contributed by atoms with Gasteiger partial charge in [0.2, 0.25) is 0 Å². The summed E-state index contributed by atoms with van der Waals surface area (Å²) < 4.78 is 15.2. The van der Waals surface area contributed by atoms with Gasteiger partial charge in [0.15, 0.2) is 7.14 Å². The highest BCUT2D eigenvalue weighted by molar-refractivity contribution is 7.85. The highest BCUT2D eigenvalue weighted by Gasteiger charge is 2.30. The summed E-state index contributed by atoms with van der Waals surface area (Å²) in [6.07, 6.45) is 0. The van der Waals surface area contributed by atoms with E-state index in [0.29, 0.717) is 0 Å². The minimum atomic E-state index is -3.13. The standard InChI is InChI=1S/C45H30NOP/c47-48(34-18-6-2-7-19-34,35-20-8-3-9-21-35)36-22-14-17-32(29-36)33-27-28-40-42(30-33)44(31-15-4-1-5-16-31)46-45-41-26-13-11-24-38(41)37-23-10-12-25-39(37)43(40)45/h1-30H. The molecular formula is C45H30NOP. The van der Waals surface area contributed by atoms with Crippen molar-refractivity contribution >= 4 is 66.3 Å². The first-order valence-electron chi connectivity index (χ1n) is 16.2. The molecule has 1 aromatic heterocycles. The maximum atomic E-state index is 15.2. The summed E-state index contributed by atoms with van der Waals surface area (Å²) in [7, 11) is -3.13. The Morgan fingerprint density at radius 2 is 0.833 bits per heavy atom. The van der Waals surface area contributed by atoms with Gasteiger partial charge in [-0.15, -0.1) is 0 Å². The summed E-state index contributed by atoms with van der Waals surface area (Å²) in [5.41, 5.74) is 5.11. The molecule has 0 spiro atoms. The molecule has 1 heterocycles. The van der Waals surface area contributed by atoms with Gasteiger partial charge in [-0.3, -0.25) is 0 Å². The third-order valence-electron chi connectivity index (χ3n) is 9.50. The quantitative estimate of drug-likeness (QED) is 0.140. The first-order valence-corrected chi connectivity index (χ1v) is 18.0. The van der Waals surface area contributed by atoms with Crippen LogP contribution in [-0.2, 0) is 4.57 Å². The Hall–Kier alpha value is -5.82. The predicted octanol–water partition coefficient (Wildman–Crippen LogP) is 10.7. The van der Waals surface area contributed by atoms with E-state index < -0.39 is 7.14 Å². The Bertz CT molecular complexity index is 2640. The van der Waals surface area contributed by atoms with Gasteiger partial charge in [0.25, 0.3) is 0 Å². The van der Waals surface area contributed by atoms with E-state index in [9.17, 15) is 0 Å². The molecule has 226 valence electrons. The Morgan fingerprint density at radius 3 is 1.50 bits per heavy atom. The number of pyridine rings is 1. The van der Waals surface area contributed by atoms with Crippen LogP contribution in [0, 0.1) is 0 Å². The molecule has 8 aromatic carbocycles. The highest BCUT2D eigenvalue weighted by Crippen LogP contribution is 2.44. The van der Waals surface area contributed by atoms with Gasteiger partial charge in [-0.2, -0.15) is 0 Å². The van der Waals surface area contributed by atoms with Gasteiger partial charge < -0.3 is 4.57 Å². The van der Waals surface area contributed by atoms with Crippen LogP contribution in [0.2, 0.25) is 0 Å². The second-order valence-corrected chi connectivity index (χ2v) is 15.0. The zero-order chi connectivity index (χ0) is 32.1. The molecule has 0 aliphatic carbocycles. The Morgan fingerprint density at radius 1 is 0.354 bits per heavy atom. The molecular weight excluding hydrogens is 601 g/mol. The lowest BCUT2D eigenvalue weighted by Crippen LogP contribution is -2.25. The lowest BCUT2D eigenvalue weighted by atomic mass is 9.91. The van der Waals surface area contributed by atoms with Crippen LogP contribution < -0.4 is 15.9 Å². The van der Waals surface area contributed by atoms with Gasteiger partial charge >= 0.3 is 0 Å². The second-order valence-electron chi connectivity index (χ2n) is 12.2. The number of benzene rings is 8. The van der Waals surface area contributed by atoms with Crippen LogP contribution >= 0.6 is 7.14 Å². The summed E-state index contributed by atoms with van der Waals surface area (Å²) in [4.78, 5) is 5.48. The molecule has 9 aromatic rings. The molecule has 0 saturated heterocycles. The van der Waals surface area contributed by atoms with E-state index in [2.05, 4.69) is 103 Å². The largest absolute Gasteiger partial charge is 0.309 e. The minimum Gasteiger partial charge on any atom is -0.309 e. The molecule has 0 N–H and O–H groups in total. The van der Waals surface area contributed by atoms with Crippen LogP contribution in [0.15, 0.2) is 182 Å². The van der Waals surface area contributed by atoms with E-state index in [4.69, 9.17) is 4.98 Å². The fourth-order valence-corrected chi connectivity index (χ4v) is 9.94. The van der Waals surface area contributed by atoms with Gasteiger partial charge in [0, 0.05) is 37.6 Å². The first-order chi connectivity index (χ1) is 23.7. The molecule has 0 unspecified atom stereocenters. The lowest BCUT2D eigenvalue weighted by Gasteiger charge is -2.21. The van der Waals surface area contributed by atoms with E-state index in [0.717, 1.165) is 60.0 Å². The highest BCUT2D eigenvalue weighted by atomic mass is 31.2. The molecule has 0 saturated carbocycles. The molecule has 48 heavy (non-hydrogen) atoms. The molecule has 0 amide bonds. The topological polar surface area (TPSA) is 30.0 Å². The van der Waals surface area contributed by atoms with E-state index in [-0.39, 0.29) is 0 Å². The number of nitrogens with zero attached hydrogens (tertiary/aromatic N) is 1. The number of aromatic nitrogens is 1. The van der Waals surface area contributed by atoms with Crippen LogP contribution in [0.4, 0.5) is 0 Å². The van der Waals surface area contributed by atoms with Crippen molar-refractivity contribution in [3.63, 3.8) is 0 Å². The predicted molar refractivity (Wildman–Crippen MR) is 205 cm³/mol. The average Bonchev–Trinajstić information content (AvgIpc) is 3.18. The smallest absolute Gasteiger partial charge is 0.171 e. The molecule has 0 aliphatic rings. The average molecular weight is 632 g/mol. The molecule has 0 atom stereocenters. The molecule has 0 aliphatic heterocycles. The minimum absolute atomic E-state index is 0.815. The van der Waals surface area contributed by atoms with Crippen molar-refractivity contribution in [3.05, 3.63) is 182 Å². The van der Waals surface area contributed by atoms with Gasteiger partial charge in [0.05, 0.1) is 11.2 Å². The van der Waals surface area contributed by atoms with Crippen molar-refractivity contribution in [1.82, 2.24) is 4.98 Å². The van der Waals surface area contributed by atoms with Crippen LogP contribution in [0.3, 0.4) is 0 Å². The normalized spacial score (nSPS) is 11.8. The van der Waals surface area contributed by atoms with Crippen LogP contribution in [0.25, 0.3) is 65.6 Å². The maximum Gasteiger partial charge on any atom is 0.171 e.